The molecule has 0 aromatic carbocycles. The Morgan fingerprint density at radius 2 is 0.654 bits per heavy atom. The molecule has 26 heavy (non-hydrogen) atoms. The minimum absolute atomic E-state index is 0.132. The normalized spacial score (nSPS) is 22.6. The van der Waals surface area contributed by atoms with E-state index < -0.39 is 0 Å². The lowest BCUT2D eigenvalue weighted by atomic mass is 10.0. The molecule has 1 fully saturated rings. The van der Waals surface area contributed by atoms with Crippen LogP contribution >= 0.6 is 0 Å². The quantitative estimate of drug-likeness (QED) is 0.484. The van der Waals surface area contributed by atoms with Gasteiger partial charge in [0.2, 0.25) is 0 Å². The van der Waals surface area contributed by atoms with Crippen LogP contribution in [-0.2, 0) is 19.1 Å². The van der Waals surface area contributed by atoms with Crippen LogP contribution < -0.4 is 0 Å². The van der Waals surface area contributed by atoms with Crippen LogP contribution in [0.25, 0.3) is 0 Å². The van der Waals surface area contributed by atoms with E-state index in [1.165, 1.54) is 64.2 Å². The van der Waals surface area contributed by atoms with Gasteiger partial charge >= 0.3 is 11.9 Å². The minimum Gasteiger partial charge on any atom is -0.466 e. The van der Waals surface area contributed by atoms with Gasteiger partial charge in [-0.25, -0.2) is 0 Å². The Balaban J connectivity index is 2.16. The van der Waals surface area contributed by atoms with Crippen molar-refractivity contribution in [1.82, 2.24) is 0 Å². The van der Waals surface area contributed by atoms with Crippen LogP contribution in [0, 0.1) is 0 Å². The highest BCUT2D eigenvalue weighted by atomic mass is 16.5. The maximum absolute atomic E-state index is 11.6. The smallest absolute Gasteiger partial charge is 0.305 e. The highest BCUT2D eigenvalue weighted by molar-refractivity contribution is 5.70. The zero-order chi connectivity index (χ0) is 18.7. The van der Waals surface area contributed by atoms with Crippen LogP contribution in [0.5, 0.6) is 0 Å². The van der Waals surface area contributed by atoms with Crippen molar-refractivity contribution in [3.63, 3.8) is 0 Å². The van der Waals surface area contributed by atoms with Crippen molar-refractivity contribution in [2.75, 3.05) is 13.2 Å². The number of hydrogen-bond donors (Lipinski definition) is 0. The average molecular weight is 369 g/mol. The molecule has 0 N–H and O–H groups in total. The number of hydrogen-bond acceptors (Lipinski definition) is 4. The van der Waals surface area contributed by atoms with Gasteiger partial charge < -0.3 is 9.47 Å². The van der Waals surface area contributed by atoms with Crippen LogP contribution in [0.15, 0.2) is 0 Å². The summed E-state index contributed by atoms with van der Waals surface area (Å²) in [6.07, 6.45) is 19.7. The fourth-order valence-electron chi connectivity index (χ4n) is 3.38. The highest BCUT2D eigenvalue weighted by Crippen LogP contribution is 2.13. The fraction of sp³-hybridized carbons (Fsp3) is 0.909. The number of carbonyl (C=O) groups is 2. The summed E-state index contributed by atoms with van der Waals surface area (Å²) in [6, 6.07) is 0. The zero-order valence-electron chi connectivity index (χ0n) is 16.8. The summed E-state index contributed by atoms with van der Waals surface area (Å²) < 4.78 is 10.5. The molecule has 4 nitrogen and oxygen atoms in total. The van der Waals surface area contributed by atoms with E-state index in [1.54, 1.807) is 0 Å². The number of rotatable bonds is 0. The Bertz CT molecular complexity index is 320. The van der Waals surface area contributed by atoms with Crippen LogP contribution in [0.2, 0.25) is 0 Å². The topological polar surface area (TPSA) is 52.6 Å². The van der Waals surface area contributed by atoms with Gasteiger partial charge in [0.15, 0.2) is 0 Å². The van der Waals surface area contributed by atoms with E-state index in [4.69, 9.17) is 9.47 Å². The molecule has 152 valence electrons. The van der Waals surface area contributed by atoms with Gasteiger partial charge in [-0.3, -0.25) is 9.59 Å². The van der Waals surface area contributed by atoms with E-state index in [-0.39, 0.29) is 11.9 Å². The molecule has 0 aliphatic carbocycles. The summed E-state index contributed by atoms with van der Waals surface area (Å²) in [5.41, 5.74) is 0. The van der Waals surface area contributed by atoms with Gasteiger partial charge in [-0.2, -0.15) is 0 Å². The third-order valence-corrected chi connectivity index (χ3v) is 5.08. The van der Waals surface area contributed by atoms with Crippen molar-refractivity contribution < 1.29 is 19.1 Å². The Hall–Kier alpha value is -1.06. The van der Waals surface area contributed by atoms with Gasteiger partial charge in [0.1, 0.15) is 0 Å². The molecule has 1 aliphatic heterocycles. The van der Waals surface area contributed by atoms with Crippen molar-refractivity contribution in [1.29, 1.82) is 0 Å². The van der Waals surface area contributed by atoms with Gasteiger partial charge in [-0.1, -0.05) is 77.0 Å². The molecule has 0 spiro atoms. The van der Waals surface area contributed by atoms with E-state index in [0.29, 0.717) is 38.9 Å². The summed E-state index contributed by atoms with van der Waals surface area (Å²) in [4.78, 5) is 23.3. The first kappa shape index (κ1) is 23.0. The van der Waals surface area contributed by atoms with E-state index in [2.05, 4.69) is 0 Å². The summed E-state index contributed by atoms with van der Waals surface area (Å²) in [5.74, 6) is -0.263. The fourth-order valence-corrected chi connectivity index (χ4v) is 3.38. The molecule has 4 heteroatoms. The number of ether oxygens (including phenoxy) is 2. The second kappa shape index (κ2) is 17.4. The average Bonchev–Trinajstić information content (AvgIpc) is 2.63. The van der Waals surface area contributed by atoms with Crippen LogP contribution in [0.1, 0.15) is 116 Å². The van der Waals surface area contributed by atoms with Crippen molar-refractivity contribution in [3.8, 4) is 0 Å². The number of carbonyl (C=O) groups excluding carboxylic acids is 2. The molecule has 0 aromatic rings. The molecule has 0 atom stereocenters. The molecule has 0 amide bonds. The van der Waals surface area contributed by atoms with E-state index in [9.17, 15) is 9.59 Å². The first-order valence-electron chi connectivity index (χ1n) is 11.1. The third-order valence-electron chi connectivity index (χ3n) is 5.08. The van der Waals surface area contributed by atoms with E-state index in [0.717, 1.165) is 25.7 Å². The molecule has 0 saturated carbocycles. The standard InChI is InChI=1S/C22H40O4/c23-21-17-13-14-18-22(24)26-20-16-12-10-8-6-4-2-1-3-5-7-9-11-15-19-25-21/h1-20H2. The lowest BCUT2D eigenvalue weighted by molar-refractivity contribution is -0.146. The number of cyclic esters (lactones) is 2. The largest absolute Gasteiger partial charge is 0.466 e. The van der Waals surface area contributed by atoms with Gasteiger partial charge in [0, 0.05) is 12.8 Å². The Morgan fingerprint density at radius 3 is 0.962 bits per heavy atom. The number of esters is 2. The molecule has 1 saturated heterocycles. The Kier molecular flexibility index (Phi) is 15.3. The minimum atomic E-state index is -0.132. The van der Waals surface area contributed by atoms with Crippen LogP contribution in [0.4, 0.5) is 0 Å². The van der Waals surface area contributed by atoms with Crippen molar-refractivity contribution in [2.45, 2.75) is 116 Å². The van der Waals surface area contributed by atoms with Crippen molar-refractivity contribution in [2.24, 2.45) is 0 Å². The zero-order valence-corrected chi connectivity index (χ0v) is 16.8. The van der Waals surface area contributed by atoms with Crippen LogP contribution in [-0.4, -0.2) is 25.2 Å². The van der Waals surface area contributed by atoms with Crippen LogP contribution in [0.3, 0.4) is 0 Å². The molecule has 0 bridgehead atoms. The molecule has 1 heterocycles. The van der Waals surface area contributed by atoms with Gasteiger partial charge in [-0.05, 0) is 25.7 Å². The first-order valence-corrected chi connectivity index (χ1v) is 11.1. The van der Waals surface area contributed by atoms with Crippen molar-refractivity contribution >= 4 is 11.9 Å². The molecular weight excluding hydrogens is 328 g/mol. The first-order chi connectivity index (χ1) is 12.8. The second-order valence-corrected chi connectivity index (χ2v) is 7.60. The summed E-state index contributed by atoms with van der Waals surface area (Å²) in [6.45, 7) is 1.09. The summed E-state index contributed by atoms with van der Waals surface area (Å²) in [7, 11) is 0. The molecule has 1 aliphatic rings. The van der Waals surface area contributed by atoms with E-state index >= 15 is 0 Å². The monoisotopic (exact) mass is 368 g/mol. The highest BCUT2D eigenvalue weighted by Gasteiger charge is 2.06. The Morgan fingerprint density at radius 1 is 0.385 bits per heavy atom. The van der Waals surface area contributed by atoms with Gasteiger partial charge in [0.05, 0.1) is 13.2 Å². The SMILES string of the molecule is O=C1CCCCC(=O)OCCCCCCCCCCCCCCCCO1. The Labute approximate surface area is 160 Å². The lowest BCUT2D eigenvalue weighted by Crippen LogP contribution is -2.08. The molecule has 0 aromatic heterocycles. The summed E-state index contributed by atoms with van der Waals surface area (Å²) >= 11 is 0. The molecule has 0 radical (unpaired) electrons. The van der Waals surface area contributed by atoms with Crippen molar-refractivity contribution in [3.05, 3.63) is 0 Å². The predicted molar refractivity (Wildman–Crippen MR) is 105 cm³/mol. The molecule has 0 unspecified atom stereocenters. The lowest BCUT2D eigenvalue weighted by Gasteiger charge is -2.07. The van der Waals surface area contributed by atoms with Gasteiger partial charge in [0.25, 0.3) is 0 Å². The van der Waals surface area contributed by atoms with E-state index in [1.807, 2.05) is 0 Å². The summed E-state index contributed by atoms with van der Waals surface area (Å²) in [5, 5.41) is 0. The maximum atomic E-state index is 11.6. The third kappa shape index (κ3) is 15.2. The maximum Gasteiger partial charge on any atom is 0.305 e. The van der Waals surface area contributed by atoms with Gasteiger partial charge in [-0.15, -0.1) is 0 Å². The molecule has 1 rings (SSSR count). The second-order valence-electron chi connectivity index (χ2n) is 7.60. The molecular formula is C22H40O4. The predicted octanol–water partition coefficient (Wildman–Crippen LogP) is 6.11.